The van der Waals surface area contributed by atoms with Crippen molar-refractivity contribution in [2.75, 3.05) is 4.90 Å². The number of rotatable bonds is 4. The Morgan fingerprint density at radius 3 is 2.11 bits per heavy atom. The molecule has 2 aromatic carbocycles. The highest BCUT2D eigenvalue weighted by molar-refractivity contribution is 6.16. The van der Waals surface area contributed by atoms with Gasteiger partial charge < -0.3 is 10.2 Å². The predicted molar refractivity (Wildman–Crippen MR) is 94.7 cm³/mol. The Hall–Kier alpha value is -3.29. The second-order valence-corrected chi connectivity index (χ2v) is 6.25. The summed E-state index contributed by atoms with van der Waals surface area (Å²) in [5.41, 5.74) is -0.488. The van der Waals surface area contributed by atoms with Gasteiger partial charge in [0, 0.05) is 12.1 Å². The first-order valence-electron chi connectivity index (χ1n) is 8.41. The number of anilines is 1. The zero-order valence-corrected chi connectivity index (χ0v) is 14.7. The van der Waals surface area contributed by atoms with Crippen LogP contribution in [0.4, 0.5) is 18.9 Å². The van der Waals surface area contributed by atoms with Crippen molar-refractivity contribution in [3.05, 3.63) is 71.0 Å². The van der Waals surface area contributed by atoms with Crippen LogP contribution in [0.5, 0.6) is 5.75 Å². The highest BCUT2D eigenvalue weighted by Gasteiger charge is 2.44. The van der Waals surface area contributed by atoms with E-state index in [0.717, 1.165) is 29.2 Å². The molecular weight excluding hydrogens is 375 g/mol. The van der Waals surface area contributed by atoms with Crippen molar-refractivity contribution in [1.82, 2.24) is 0 Å². The molecule has 0 radical (unpaired) electrons. The van der Waals surface area contributed by atoms with Crippen LogP contribution in [0.25, 0.3) is 0 Å². The molecule has 1 aliphatic heterocycles. The van der Waals surface area contributed by atoms with Gasteiger partial charge in [-0.3, -0.25) is 14.5 Å². The molecule has 1 unspecified atom stereocenters. The molecular formula is C20H16F3NO4. The van der Waals surface area contributed by atoms with Crippen molar-refractivity contribution in [2.45, 2.75) is 25.6 Å². The van der Waals surface area contributed by atoms with E-state index in [1.54, 1.807) is 6.92 Å². The van der Waals surface area contributed by atoms with Crippen LogP contribution in [0.15, 0.2) is 59.9 Å². The third-order valence-corrected chi connectivity index (χ3v) is 4.51. The molecule has 1 atom stereocenters. The van der Waals surface area contributed by atoms with Crippen molar-refractivity contribution >= 4 is 17.4 Å². The molecule has 28 heavy (non-hydrogen) atoms. The lowest BCUT2D eigenvalue weighted by atomic mass is 9.94. The van der Waals surface area contributed by atoms with E-state index in [0.29, 0.717) is 5.56 Å². The van der Waals surface area contributed by atoms with Gasteiger partial charge in [-0.2, -0.15) is 13.2 Å². The van der Waals surface area contributed by atoms with E-state index in [4.69, 9.17) is 0 Å². The number of halogens is 3. The summed E-state index contributed by atoms with van der Waals surface area (Å²) in [5.74, 6) is -2.11. The number of hydrogen-bond acceptors (Lipinski definition) is 4. The van der Waals surface area contributed by atoms with Crippen molar-refractivity contribution in [1.29, 1.82) is 0 Å². The maximum atomic E-state index is 12.8. The maximum absolute atomic E-state index is 12.8. The van der Waals surface area contributed by atoms with Crippen molar-refractivity contribution in [3.63, 3.8) is 0 Å². The van der Waals surface area contributed by atoms with Gasteiger partial charge in [-0.1, -0.05) is 19.1 Å². The van der Waals surface area contributed by atoms with E-state index >= 15 is 0 Å². The number of aliphatic hydroxyl groups is 1. The summed E-state index contributed by atoms with van der Waals surface area (Å²) in [6, 6.07) is 8.53. The molecule has 1 heterocycles. The standard InChI is InChI=1S/C20H16F3NO4/c1-2-15(26)16-17(11-3-9-14(25)10-4-11)24(19(28)18(16)27)13-7-5-12(6-8-13)20(21,22)23/h3-10,17,25,27H,2H2,1H3. The second-order valence-electron chi connectivity index (χ2n) is 6.25. The minimum absolute atomic E-state index is 0.0299. The molecule has 1 aliphatic rings. The quantitative estimate of drug-likeness (QED) is 0.815. The highest BCUT2D eigenvalue weighted by atomic mass is 19.4. The van der Waals surface area contributed by atoms with E-state index in [2.05, 4.69) is 0 Å². The molecule has 0 aliphatic carbocycles. The van der Waals surface area contributed by atoms with Crippen LogP contribution in [0.3, 0.4) is 0 Å². The zero-order chi connectivity index (χ0) is 20.6. The highest BCUT2D eigenvalue weighted by Crippen LogP contribution is 2.42. The van der Waals surface area contributed by atoms with Gasteiger partial charge in [0.25, 0.3) is 5.91 Å². The molecule has 3 rings (SSSR count). The van der Waals surface area contributed by atoms with Crippen LogP contribution in [-0.2, 0) is 15.8 Å². The number of benzene rings is 2. The summed E-state index contributed by atoms with van der Waals surface area (Å²) in [4.78, 5) is 26.1. The smallest absolute Gasteiger partial charge is 0.416 e. The van der Waals surface area contributed by atoms with Gasteiger partial charge in [-0.25, -0.2) is 0 Å². The fourth-order valence-corrected chi connectivity index (χ4v) is 3.13. The Bertz CT molecular complexity index is 947. The second kappa shape index (κ2) is 7.03. The van der Waals surface area contributed by atoms with E-state index in [1.165, 1.54) is 24.3 Å². The maximum Gasteiger partial charge on any atom is 0.416 e. The number of Topliss-reactive ketones (excluding diaryl/α,β-unsaturated/α-hetero) is 1. The minimum atomic E-state index is -4.53. The first-order valence-corrected chi connectivity index (χ1v) is 8.41. The van der Waals surface area contributed by atoms with Gasteiger partial charge in [-0.05, 0) is 42.0 Å². The Morgan fingerprint density at radius 1 is 1.04 bits per heavy atom. The van der Waals surface area contributed by atoms with Crippen LogP contribution in [0, 0.1) is 0 Å². The number of alkyl halides is 3. The minimum Gasteiger partial charge on any atom is -0.508 e. The lowest BCUT2D eigenvalue weighted by molar-refractivity contribution is -0.137. The van der Waals surface area contributed by atoms with Crippen molar-refractivity contribution in [2.24, 2.45) is 0 Å². The van der Waals surface area contributed by atoms with Crippen LogP contribution in [0.1, 0.15) is 30.5 Å². The Morgan fingerprint density at radius 2 is 1.61 bits per heavy atom. The molecule has 0 saturated heterocycles. The average molecular weight is 391 g/mol. The van der Waals surface area contributed by atoms with Gasteiger partial charge in [0.2, 0.25) is 0 Å². The number of aliphatic hydroxyl groups excluding tert-OH is 1. The monoisotopic (exact) mass is 391 g/mol. The van der Waals surface area contributed by atoms with Crippen molar-refractivity contribution in [3.8, 4) is 5.75 Å². The molecule has 0 aromatic heterocycles. The number of amides is 1. The van der Waals surface area contributed by atoms with Crippen LogP contribution < -0.4 is 4.90 Å². The lowest BCUT2D eigenvalue weighted by Crippen LogP contribution is -2.31. The van der Waals surface area contributed by atoms with Gasteiger partial charge >= 0.3 is 6.18 Å². The molecule has 8 heteroatoms. The zero-order valence-electron chi connectivity index (χ0n) is 14.7. The summed E-state index contributed by atoms with van der Waals surface area (Å²) < 4.78 is 38.5. The Labute approximate surface area is 158 Å². The van der Waals surface area contributed by atoms with E-state index in [9.17, 15) is 33.0 Å². The predicted octanol–water partition coefficient (Wildman–Crippen LogP) is 4.29. The molecule has 5 nitrogen and oxygen atoms in total. The molecule has 0 spiro atoms. The topological polar surface area (TPSA) is 77.8 Å². The first kappa shape index (κ1) is 19.5. The normalized spacial score (nSPS) is 17.4. The van der Waals surface area contributed by atoms with E-state index in [-0.39, 0.29) is 23.4 Å². The molecule has 2 N–H and O–H groups in total. The fourth-order valence-electron chi connectivity index (χ4n) is 3.13. The van der Waals surface area contributed by atoms with Crippen LogP contribution in [-0.4, -0.2) is 21.9 Å². The van der Waals surface area contributed by atoms with E-state index in [1.807, 2.05) is 0 Å². The molecule has 2 aromatic rings. The number of nitrogens with zero attached hydrogens (tertiary/aromatic N) is 1. The molecule has 1 amide bonds. The molecule has 0 fully saturated rings. The van der Waals surface area contributed by atoms with E-state index < -0.39 is 35.2 Å². The molecule has 146 valence electrons. The number of carbonyl (C=O) groups excluding carboxylic acids is 2. The average Bonchev–Trinajstić information content (AvgIpc) is 2.92. The number of ketones is 1. The number of hydrogen-bond donors (Lipinski definition) is 2. The largest absolute Gasteiger partial charge is 0.508 e. The summed E-state index contributed by atoms with van der Waals surface area (Å²) in [6.07, 6.45) is -4.50. The lowest BCUT2D eigenvalue weighted by Gasteiger charge is -2.27. The third-order valence-electron chi connectivity index (χ3n) is 4.51. The number of phenols is 1. The number of aromatic hydroxyl groups is 1. The SMILES string of the molecule is CCC(=O)C1=C(O)C(=O)N(c2ccc(C(F)(F)F)cc2)C1c1ccc(O)cc1. The van der Waals surface area contributed by atoms with Crippen LogP contribution in [0.2, 0.25) is 0 Å². The summed E-state index contributed by atoms with van der Waals surface area (Å²) in [7, 11) is 0. The Kier molecular flexibility index (Phi) is 4.89. The van der Waals surface area contributed by atoms with Gasteiger partial charge in [0.05, 0.1) is 17.2 Å². The number of carbonyl (C=O) groups is 2. The Balaban J connectivity index is 2.12. The van der Waals surface area contributed by atoms with Crippen molar-refractivity contribution < 1.29 is 33.0 Å². The first-order chi connectivity index (χ1) is 13.1. The fraction of sp³-hybridized carbons (Fsp3) is 0.200. The molecule has 0 saturated carbocycles. The summed E-state index contributed by atoms with van der Waals surface area (Å²) in [5, 5.41) is 19.8. The van der Waals surface area contributed by atoms with Crippen LogP contribution >= 0.6 is 0 Å². The van der Waals surface area contributed by atoms with Gasteiger partial charge in [0.15, 0.2) is 11.5 Å². The number of phenolic OH excluding ortho intramolecular Hbond substituents is 1. The summed E-state index contributed by atoms with van der Waals surface area (Å²) >= 11 is 0. The van der Waals surface area contributed by atoms with Gasteiger partial charge in [-0.15, -0.1) is 0 Å². The van der Waals surface area contributed by atoms with Gasteiger partial charge in [0.1, 0.15) is 5.75 Å². The molecule has 0 bridgehead atoms. The summed E-state index contributed by atoms with van der Waals surface area (Å²) in [6.45, 7) is 1.57. The third kappa shape index (κ3) is 3.33.